The van der Waals surface area contributed by atoms with Gasteiger partial charge in [0.15, 0.2) is 17.7 Å². The Morgan fingerprint density at radius 3 is 2.94 bits per heavy atom. The third kappa shape index (κ3) is 4.14. The fourth-order valence-electron chi connectivity index (χ4n) is 3.21. The molecule has 0 spiro atoms. The summed E-state index contributed by atoms with van der Waals surface area (Å²) in [6.07, 6.45) is -3.49. The predicted octanol–water partition coefficient (Wildman–Crippen LogP) is 1.36. The summed E-state index contributed by atoms with van der Waals surface area (Å²) in [5.74, 6) is -3.66. The van der Waals surface area contributed by atoms with Crippen LogP contribution in [0, 0.1) is 5.82 Å². The van der Waals surface area contributed by atoms with Gasteiger partial charge in [-0.3, -0.25) is 23.4 Å². The molecule has 0 bridgehead atoms. The summed E-state index contributed by atoms with van der Waals surface area (Å²) in [6, 6.07) is 4.89. The normalized spacial score (nSPS) is 29.9. The van der Waals surface area contributed by atoms with Crippen molar-refractivity contribution in [1.82, 2.24) is 9.55 Å². The molecule has 168 valence electrons. The molecule has 4 rings (SSSR count). The molecule has 2 aliphatic heterocycles. The Morgan fingerprint density at radius 1 is 1.42 bits per heavy atom. The van der Waals surface area contributed by atoms with Crippen molar-refractivity contribution < 1.29 is 41.5 Å². The molecule has 3 heterocycles. The highest BCUT2D eigenvalue weighted by molar-refractivity contribution is 7.49. The summed E-state index contributed by atoms with van der Waals surface area (Å²) in [5.41, 5.74) is -1.85. The van der Waals surface area contributed by atoms with E-state index in [0.29, 0.717) is 16.3 Å². The molecule has 0 saturated carbocycles. The largest absolute Gasteiger partial charge is 0.530 e. The lowest BCUT2D eigenvalue weighted by Crippen LogP contribution is -2.37. The van der Waals surface area contributed by atoms with E-state index in [9.17, 15) is 23.7 Å². The van der Waals surface area contributed by atoms with E-state index in [1.54, 1.807) is 23.2 Å². The number of alkyl halides is 1. The highest BCUT2D eigenvalue weighted by Gasteiger charge is 2.50. The van der Waals surface area contributed by atoms with Gasteiger partial charge in [-0.05, 0) is 6.07 Å². The summed E-state index contributed by atoms with van der Waals surface area (Å²) >= 11 is 0. The van der Waals surface area contributed by atoms with Crippen LogP contribution in [0.25, 0.3) is 0 Å². The Labute approximate surface area is 172 Å². The van der Waals surface area contributed by atoms with Gasteiger partial charge in [0.05, 0.1) is 19.9 Å². The minimum absolute atomic E-state index is 0.119. The van der Waals surface area contributed by atoms with Crippen LogP contribution < -0.4 is 20.5 Å². The minimum Gasteiger partial charge on any atom is -0.493 e. The Bertz CT molecular complexity index is 1150. The van der Waals surface area contributed by atoms with Gasteiger partial charge in [0.1, 0.15) is 12.7 Å². The Kier molecular flexibility index (Phi) is 5.48. The van der Waals surface area contributed by atoms with Gasteiger partial charge in [-0.15, -0.1) is 0 Å². The second-order valence-electron chi connectivity index (χ2n) is 6.84. The highest BCUT2D eigenvalue weighted by Crippen LogP contribution is 2.57. The molecule has 2 aliphatic rings. The maximum absolute atomic E-state index is 15.1. The van der Waals surface area contributed by atoms with Crippen LogP contribution in [0.15, 0.2) is 34.0 Å². The molecule has 2 aromatic rings. The van der Waals surface area contributed by atoms with Crippen LogP contribution in [-0.4, -0.2) is 40.3 Å². The monoisotopic (exact) mass is 462 g/mol. The zero-order chi connectivity index (χ0) is 22.4. The second-order valence-corrected chi connectivity index (χ2v) is 8.43. The summed E-state index contributed by atoms with van der Waals surface area (Å²) in [5, 5.41) is 10.1. The molecule has 4 atom stereocenters. The fourth-order valence-corrected chi connectivity index (χ4v) is 4.47. The van der Waals surface area contributed by atoms with Crippen LogP contribution in [0.1, 0.15) is 18.2 Å². The highest BCUT2D eigenvalue weighted by atomic mass is 31.2. The van der Waals surface area contributed by atoms with Crippen LogP contribution in [0.4, 0.5) is 8.78 Å². The number of para-hydroxylation sites is 1. The Balaban J connectivity index is 1.49. The first-order valence-electron chi connectivity index (χ1n) is 8.93. The SMILES string of the molecule is COc1cccc2c1OP(=O)(OC[C@]1(F)C[C@@H](O)[C@H](n3cc(F)c(=O)[nH]c3=O)O1)OC2. The van der Waals surface area contributed by atoms with Crippen molar-refractivity contribution >= 4 is 7.82 Å². The lowest BCUT2D eigenvalue weighted by Gasteiger charge is -2.28. The molecule has 14 heteroatoms. The first kappa shape index (κ1) is 21.7. The summed E-state index contributed by atoms with van der Waals surface area (Å²) in [7, 11) is -2.89. The Morgan fingerprint density at radius 2 is 2.19 bits per heavy atom. The topological polar surface area (TPSA) is 138 Å². The first-order valence-corrected chi connectivity index (χ1v) is 10.4. The summed E-state index contributed by atoms with van der Waals surface area (Å²) in [4.78, 5) is 24.7. The molecule has 1 unspecified atom stereocenters. The van der Waals surface area contributed by atoms with Crippen LogP contribution in [0.5, 0.6) is 11.5 Å². The van der Waals surface area contributed by atoms with E-state index in [4.69, 9.17) is 23.0 Å². The van der Waals surface area contributed by atoms with E-state index < -0.39 is 56.1 Å². The molecule has 1 fully saturated rings. The standard InChI is InChI=1S/C17H17F2N2O9P/c1-26-12-4-2-3-9-7-27-31(25,30-13(9)12)28-8-17(19)5-11(22)15(29-17)21-6-10(18)14(23)20-16(21)24/h2-4,6,11,15,22H,5,7-8H2,1H3,(H,20,23,24)/t11-,15-,17+,31?/m1/s1. The van der Waals surface area contributed by atoms with Crippen LogP contribution in [0.2, 0.25) is 0 Å². The van der Waals surface area contributed by atoms with Crippen LogP contribution in [0.3, 0.4) is 0 Å². The van der Waals surface area contributed by atoms with Crippen molar-refractivity contribution in [2.45, 2.75) is 31.2 Å². The molecule has 0 amide bonds. The number of aliphatic hydroxyl groups excluding tert-OH is 1. The number of phosphoric ester groups is 1. The van der Waals surface area contributed by atoms with Gasteiger partial charge in [-0.25, -0.2) is 13.8 Å². The Hall–Kier alpha value is -2.57. The third-order valence-corrected chi connectivity index (χ3v) is 5.97. The number of H-pyrrole nitrogens is 1. The number of aromatic nitrogens is 2. The van der Waals surface area contributed by atoms with Crippen molar-refractivity contribution in [2.75, 3.05) is 13.7 Å². The maximum atomic E-state index is 15.1. The summed E-state index contributed by atoms with van der Waals surface area (Å²) in [6.45, 7) is -1.15. The zero-order valence-corrected chi connectivity index (χ0v) is 16.8. The average Bonchev–Trinajstić information content (AvgIpc) is 3.03. The number of benzene rings is 1. The number of fused-ring (bicyclic) bond motifs is 1. The van der Waals surface area contributed by atoms with Crippen molar-refractivity contribution in [1.29, 1.82) is 0 Å². The lowest BCUT2D eigenvalue weighted by molar-refractivity contribution is -0.179. The van der Waals surface area contributed by atoms with Crippen molar-refractivity contribution in [3.63, 3.8) is 0 Å². The lowest BCUT2D eigenvalue weighted by atomic mass is 10.2. The summed E-state index contributed by atoms with van der Waals surface area (Å²) < 4.78 is 67.6. The number of hydrogen-bond donors (Lipinski definition) is 2. The molecule has 1 aromatic carbocycles. The number of aliphatic hydroxyl groups is 1. The molecular weight excluding hydrogens is 445 g/mol. The number of phosphoric acid groups is 1. The minimum atomic E-state index is -4.27. The number of aromatic amines is 1. The number of nitrogens with one attached hydrogen (secondary N) is 1. The van der Waals surface area contributed by atoms with E-state index in [1.165, 1.54) is 7.11 Å². The quantitative estimate of drug-likeness (QED) is 0.631. The zero-order valence-electron chi connectivity index (χ0n) is 15.9. The molecule has 2 N–H and O–H groups in total. The van der Waals surface area contributed by atoms with Crippen molar-refractivity contribution in [2.24, 2.45) is 0 Å². The van der Waals surface area contributed by atoms with Gasteiger partial charge in [0, 0.05) is 12.0 Å². The maximum Gasteiger partial charge on any atom is 0.530 e. The van der Waals surface area contributed by atoms with Gasteiger partial charge >= 0.3 is 13.5 Å². The second kappa shape index (κ2) is 7.84. The molecule has 1 saturated heterocycles. The molecule has 11 nitrogen and oxygen atoms in total. The van der Waals surface area contributed by atoms with Gasteiger partial charge < -0.3 is 19.1 Å². The average molecular weight is 462 g/mol. The first-order chi connectivity index (χ1) is 14.6. The van der Waals surface area contributed by atoms with Crippen molar-refractivity contribution in [3.05, 3.63) is 56.6 Å². The predicted molar refractivity (Wildman–Crippen MR) is 97.8 cm³/mol. The number of hydrogen-bond acceptors (Lipinski definition) is 9. The van der Waals surface area contributed by atoms with E-state index >= 15 is 4.39 Å². The smallest absolute Gasteiger partial charge is 0.493 e. The van der Waals surface area contributed by atoms with Crippen molar-refractivity contribution in [3.8, 4) is 11.5 Å². The molecule has 31 heavy (non-hydrogen) atoms. The molecular formula is C17H17F2N2O9P. The van der Waals surface area contributed by atoms with E-state index in [-0.39, 0.29) is 18.1 Å². The number of nitrogens with zero attached hydrogens (tertiary/aromatic N) is 1. The van der Waals surface area contributed by atoms with Gasteiger partial charge in [0.25, 0.3) is 5.56 Å². The molecule has 0 aliphatic carbocycles. The van der Waals surface area contributed by atoms with Gasteiger partial charge in [-0.2, -0.15) is 4.39 Å². The molecule has 0 radical (unpaired) electrons. The van der Waals surface area contributed by atoms with E-state index in [1.807, 2.05) is 0 Å². The molecule has 1 aromatic heterocycles. The third-order valence-electron chi connectivity index (χ3n) is 4.67. The van der Waals surface area contributed by atoms with E-state index in [0.717, 1.165) is 0 Å². The van der Waals surface area contributed by atoms with Crippen LogP contribution in [-0.2, 0) is 25.0 Å². The van der Waals surface area contributed by atoms with Gasteiger partial charge in [0.2, 0.25) is 11.7 Å². The fraction of sp³-hybridized carbons (Fsp3) is 0.412. The number of halogens is 2. The number of methoxy groups -OCH3 is 1. The number of rotatable bonds is 5. The van der Waals surface area contributed by atoms with Crippen LogP contribution >= 0.6 is 7.82 Å². The van der Waals surface area contributed by atoms with Gasteiger partial charge in [-0.1, -0.05) is 12.1 Å². The van der Waals surface area contributed by atoms with E-state index in [2.05, 4.69) is 0 Å². The number of ether oxygens (including phenoxy) is 2.